The minimum Gasteiger partial charge on any atom is -0.478 e. The Morgan fingerprint density at radius 3 is 2.50 bits per heavy atom. The van der Waals surface area contributed by atoms with Crippen molar-refractivity contribution in [3.8, 4) is 23.6 Å². The number of nitro benzene ring substituents is 1. The predicted octanol–water partition coefficient (Wildman–Crippen LogP) is 4.50. The van der Waals surface area contributed by atoms with E-state index in [0.29, 0.717) is 5.56 Å². The lowest BCUT2D eigenvalue weighted by Crippen LogP contribution is -2.16. The number of nitriles is 2. The monoisotopic (exact) mass is 454 g/mol. The van der Waals surface area contributed by atoms with Crippen LogP contribution in [0.15, 0.2) is 72.3 Å². The van der Waals surface area contributed by atoms with E-state index >= 15 is 0 Å². The van der Waals surface area contributed by atoms with Crippen LogP contribution in [0, 0.1) is 32.8 Å². The third-order valence-electron chi connectivity index (χ3n) is 4.46. The molecule has 0 saturated carbocycles. The highest BCUT2D eigenvalue weighted by Gasteiger charge is 2.16. The fourth-order valence-corrected chi connectivity index (χ4v) is 2.89. The maximum atomic E-state index is 12.6. The van der Waals surface area contributed by atoms with E-state index in [4.69, 9.17) is 4.74 Å². The van der Waals surface area contributed by atoms with Crippen molar-refractivity contribution in [1.82, 2.24) is 0 Å². The molecule has 1 amide bonds. The SMILES string of the molecule is N#C/C(=C\c1cccc(Oc2ccc([N+](=O)[O-])cc2C#N)c1)C(=O)Nc1ccccc1C(=O)O. The van der Waals surface area contributed by atoms with Crippen molar-refractivity contribution in [3.05, 3.63) is 99.1 Å². The van der Waals surface area contributed by atoms with Crippen LogP contribution in [0.3, 0.4) is 0 Å². The van der Waals surface area contributed by atoms with Gasteiger partial charge in [0.15, 0.2) is 0 Å². The van der Waals surface area contributed by atoms with Crippen LogP contribution < -0.4 is 10.1 Å². The van der Waals surface area contributed by atoms with Gasteiger partial charge in [-0.15, -0.1) is 0 Å². The summed E-state index contributed by atoms with van der Waals surface area (Å²) in [6.07, 6.45) is 1.28. The van der Waals surface area contributed by atoms with Crippen molar-refractivity contribution in [2.75, 3.05) is 5.32 Å². The Balaban J connectivity index is 1.85. The van der Waals surface area contributed by atoms with Crippen molar-refractivity contribution >= 4 is 29.3 Å². The first kappa shape index (κ1) is 23.2. The van der Waals surface area contributed by atoms with E-state index in [1.807, 2.05) is 6.07 Å². The van der Waals surface area contributed by atoms with E-state index in [-0.39, 0.29) is 39.6 Å². The number of rotatable bonds is 7. The second-order valence-electron chi connectivity index (χ2n) is 6.70. The Hall–Kier alpha value is -5.48. The molecule has 2 N–H and O–H groups in total. The van der Waals surface area contributed by atoms with Gasteiger partial charge >= 0.3 is 5.97 Å². The molecule has 3 aromatic carbocycles. The van der Waals surface area contributed by atoms with Gasteiger partial charge in [0.25, 0.3) is 11.6 Å². The number of carboxylic acids is 1. The number of para-hydroxylation sites is 1. The number of anilines is 1. The molecular weight excluding hydrogens is 440 g/mol. The summed E-state index contributed by atoms with van der Waals surface area (Å²) in [6, 6.07) is 19.2. The quantitative estimate of drug-likeness (QED) is 0.228. The standard InChI is InChI=1S/C24H14N4O6/c25-13-16-12-18(28(32)33)8-9-22(16)34-19-5-3-4-15(11-19)10-17(14-26)23(29)27-21-7-2-1-6-20(21)24(30)31/h1-12H,(H,27,29)(H,30,31)/b17-10+. The zero-order valence-corrected chi connectivity index (χ0v) is 17.3. The fraction of sp³-hybridized carbons (Fsp3) is 0. The van der Waals surface area contributed by atoms with Crippen LogP contribution in [-0.2, 0) is 4.79 Å². The Labute approximate surface area is 192 Å². The van der Waals surface area contributed by atoms with Crippen LogP contribution in [0.2, 0.25) is 0 Å². The maximum Gasteiger partial charge on any atom is 0.337 e. The van der Waals surface area contributed by atoms with Gasteiger partial charge in [0.1, 0.15) is 34.8 Å². The number of benzene rings is 3. The maximum absolute atomic E-state index is 12.6. The summed E-state index contributed by atoms with van der Waals surface area (Å²) in [4.78, 5) is 34.1. The Bertz CT molecular complexity index is 1420. The lowest BCUT2D eigenvalue weighted by molar-refractivity contribution is -0.384. The van der Waals surface area contributed by atoms with Gasteiger partial charge in [-0.3, -0.25) is 14.9 Å². The van der Waals surface area contributed by atoms with Gasteiger partial charge in [-0.2, -0.15) is 10.5 Å². The molecule has 0 aliphatic heterocycles. The van der Waals surface area contributed by atoms with Crippen LogP contribution in [0.5, 0.6) is 11.5 Å². The minimum atomic E-state index is -1.23. The molecule has 0 spiro atoms. The number of aromatic carboxylic acids is 1. The summed E-state index contributed by atoms with van der Waals surface area (Å²) in [6.45, 7) is 0. The molecule has 0 aliphatic rings. The molecule has 166 valence electrons. The Morgan fingerprint density at radius 2 is 1.82 bits per heavy atom. The highest BCUT2D eigenvalue weighted by atomic mass is 16.6. The molecule has 0 saturated heterocycles. The number of carbonyl (C=O) groups excluding carboxylic acids is 1. The van der Waals surface area contributed by atoms with Gasteiger partial charge in [0.2, 0.25) is 0 Å². The molecule has 10 nitrogen and oxygen atoms in total. The van der Waals surface area contributed by atoms with E-state index in [0.717, 1.165) is 6.07 Å². The highest BCUT2D eigenvalue weighted by molar-refractivity contribution is 6.11. The first-order valence-electron chi connectivity index (χ1n) is 9.54. The zero-order chi connectivity index (χ0) is 24.7. The molecule has 0 bridgehead atoms. The molecule has 0 heterocycles. The van der Waals surface area contributed by atoms with E-state index < -0.39 is 16.8 Å². The van der Waals surface area contributed by atoms with Crippen molar-refractivity contribution in [2.24, 2.45) is 0 Å². The van der Waals surface area contributed by atoms with Crippen molar-refractivity contribution in [1.29, 1.82) is 10.5 Å². The number of nitro groups is 1. The third kappa shape index (κ3) is 5.41. The third-order valence-corrected chi connectivity index (χ3v) is 4.46. The number of amides is 1. The Morgan fingerprint density at radius 1 is 1.06 bits per heavy atom. The van der Waals surface area contributed by atoms with Crippen molar-refractivity contribution in [3.63, 3.8) is 0 Å². The lowest BCUT2D eigenvalue weighted by atomic mass is 10.1. The molecule has 0 unspecified atom stereocenters. The zero-order valence-electron chi connectivity index (χ0n) is 17.3. The highest BCUT2D eigenvalue weighted by Crippen LogP contribution is 2.29. The van der Waals surface area contributed by atoms with Gasteiger partial charge in [-0.1, -0.05) is 24.3 Å². The molecule has 3 rings (SSSR count). The molecule has 0 aromatic heterocycles. The predicted molar refractivity (Wildman–Crippen MR) is 120 cm³/mol. The lowest BCUT2D eigenvalue weighted by Gasteiger charge is -2.09. The number of nitrogens with zero attached hydrogens (tertiary/aromatic N) is 3. The molecule has 0 aliphatic carbocycles. The van der Waals surface area contributed by atoms with Gasteiger partial charge < -0.3 is 15.2 Å². The molecular formula is C24H14N4O6. The number of nitrogens with one attached hydrogen (secondary N) is 1. The number of carbonyl (C=O) groups is 2. The molecule has 34 heavy (non-hydrogen) atoms. The van der Waals surface area contributed by atoms with Gasteiger partial charge in [-0.25, -0.2) is 4.79 Å². The van der Waals surface area contributed by atoms with Crippen LogP contribution in [0.4, 0.5) is 11.4 Å². The number of hydrogen-bond acceptors (Lipinski definition) is 7. The summed E-state index contributed by atoms with van der Waals surface area (Å²) >= 11 is 0. The van der Waals surface area contributed by atoms with E-state index in [2.05, 4.69) is 5.32 Å². The number of non-ortho nitro benzene ring substituents is 1. The summed E-state index contributed by atoms with van der Waals surface area (Å²) in [5.41, 5.74) is -0.249. The second kappa shape index (κ2) is 10.2. The minimum absolute atomic E-state index is 0.0377. The normalized spacial score (nSPS) is 10.5. The van der Waals surface area contributed by atoms with Crippen LogP contribution in [0.25, 0.3) is 6.08 Å². The first-order chi connectivity index (χ1) is 16.3. The largest absolute Gasteiger partial charge is 0.478 e. The van der Waals surface area contributed by atoms with Crippen molar-refractivity contribution in [2.45, 2.75) is 0 Å². The summed E-state index contributed by atoms with van der Waals surface area (Å²) < 4.78 is 5.67. The van der Waals surface area contributed by atoms with E-state index in [1.54, 1.807) is 30.3 Å². The van der Waals surface area contributed by atoms with Gasteiger partial charge in [-0.05, 0) is 42.0 Å². The molecule has 3 aromatic rings. The average molecular weight is 454 g/mol. The number of ether oxygens (including phenoxy) is 1. The molecule has 0 atom stereocenters. The number of carboxylic acid groups (broad SMARTS) is 1. The van der Waals surface area contributed by atoms with Gasteiger partial charge in [0, 0.05) is 12.1 Å². The molecule has 10 heteroatoms. The molecule has 0 fully saturated rings. The van der Waals surface area contributed by atoms with Crippen LogP contribution >= 0.6 is 0 Å². The molecule has 0 radical (unpaired) electrons. The average Bonchev–Trinajstić information content (AvgIpc) is 2.83. The summed E-state index contributed by atoms with van der Waals surface area (Å²) in [5.74, 6) is -1.68. The summed E-state index contributed by atoms with van der Waals surface area (Å²) in [7, 11) is 0. The Kier molecular flexibility index (Phi) is 6.97. The smallest absolute Gasteiger partial charge is 0.337 e. The first-order valence-corrected chi connectivity index (χ1v) is 9.54. The number of hydrogen-bond donors (Lipinski definition) is 2. The van der Waals surface area contributed by atoms with E-state index in [9.17, 15) is 35.3 Å². The fourth-order valence-electron chi connectivity index (χ4n) is 2.89. The van der Waals surface area contributed by atoms with Crippen LogP contribution in [-0.4, -0.2) is 21.9 Å². The van der Waals surface area contributed by atoms with Gasteiger partial charge in [0.05, 0.1) is 16.2 Å². The topological polar surface area (TPSA) is 166 Å². The summed E-state index contributed by atoms with van der Waals surface area (Å²) in [5, 5.41) is 41.3. The van der Waals surface area contributed by atoms with E-state index in [1.165, 1.54) is 42.5 Å². The van der Waals surface area contributed by atoms with Crippen LogP contribution in [0.1, 0.15) is 21.5 Å². The second-order valence-corrected chi connectivity index (χ2v) is 6.70. The van der Waals surface area contributed by atoms with Crippen molar-refractivity contribution < 1.29 is 24.4 Å².